The van der Waals surface area contributed by atoms with Crippen LogP contribution in [0.25, 0.3) is 0 Å². The Morgan fingerprint density at radius 1 is 1.07 bits per heavy atom. The molecule has 0 spiro atoms. The van der Waals surface area contributed by atoms with Gasteiger partial charge in [-0.25, -0.2) is 4.79 Å². The minimum atomic E-state index is -0.859. The molecule has 1 aliphatic rings. The second-order valence-corrected chi connectivity index (χ2v) is 8.50. The van der Waals surface area contributed by atoms with Crippen molar-refractivity contribution in [2.24, 2.45) is 0 Å². The minimum absolute atomic E-state index is 0.272. The summed E-state index contributed by atoms with van der Waals surface area (Å²) < 4.78 is 11.1. The van der Waals surface area contributed by atoms with Gasteiger partial charge in [-0.2, -0.15) is 0 Å². The van der Waals surface area contributed by atoms with Crippen molar-refractivity contribution in [2.45, 2.75) is 58.0 Å². The van der Waals surface area contributed by atoms with Gasteiger partial charge < -0.3 is 9.47 Å². The molecule has 3 rings (SSSR count). The molecule has 1 heterocycles. The van der Waals surface area contributed by atoms with Gasteiger partial charge in [0, 0.05) is 11.6 Å². The Morgan fingerprint density at radius 2 is 1.72 bits per heavy atom. The number of para-hydroxylation sites is 1. The van der Waals surface area contributed by atoms with Gasteiger partial charge in [-0.3, -0.25) is 4.79 Å². The maximum atomic E-state index is 13.2. The average Bonchev–Trinajstić information content (AvgIpc) is 2.92. The zero-order valence-electron chi connectivity index (χ0n) is 17.5. The predicted octanol–water partition coefficient (Wildman–Crippen LogP) is 5.15. The number of esters is 2. The Labute approximate surface area is 172 Å². The third-order valence-electron chi connectivity index (χ3n) is 5.06. The lowest BCUT2D eigenvalue weighted by Crippen LogP contribution is -2.37. The number of fused-ring (bicyclic) bond motifs is 1. The van der Waals surface area contributed by atoms with Crippen LogP contribution in [0.3, 0.4) is 0 Å². The summed E-state index contributed by atoms with van der Waals surface area (Å²) in [5.41, 5.74) is 1.37. The van der Waals surface area contributed by atoms with Gasteiger partial charge in [0.05, 0.1) is 0 Å². The number of rotatable bonds is 6. The third kappa shape index (κ3) is 4.76. The first kappa shape index (κ1) is 20.8. The van der Waals surface area contributed by atoms with E-state index in [4.69, 9.17) is 9.47 Å². The summed E-state index contributed by atoms with van der Waals surface area (Å²) in [6.07, 6.45) is 3.10. The molecular formula is C25H28O4. The molecule has 1 aliphatic heterocycles. The number of hydrogen-bond acceptors (Lipinski definition) is 4. The summed E-state index contributed by atoms with van der Waals surface area (Å²) in [5, 5.41) is 0. The number of carbonyl (C=O) groups excluding carboxylic acids is 2. The molecule has 0 amide bonds. The lowest BCUT2D eigenvalue weighted by Gasteiger charge is -2.27. The third-order valence-corrected chi connectivity index (χ3v) is 5.06. The second kappa shape index (κ2) is 8.24. The summed E-state index contributed by atoms with van der Waals surface area (Å²) in [5.74, 6) is -0.0592. The first-order valence-corrected chi connectivity index (χ1v) is 10.0. The molecule has 0 bridgehead atoms. The molecular weight excluding hydrogens is 364 g/mol. The van der Waals surface area contributed by atoms with E-state index in [1.165, 1.54) is 6.08 Å². The molecule has 2 aromatic rings. The molecule has 4 heteroatoms. The van der Waals surface area contributed by atoms with Crippen molar-refractivity contribution in [3.05, 3.63) is 77.4 Å². The first-order chi connectivity index (χ1) is 13.7. The summed E-state index contributed by atoms with van der Waals surface area (Å²) in [6.45, 7) is 7.50. The van der Waals surface area contributed by atoms with Gasteiger partial charge in [0.25, 0.3) is 0 Å². The number of ether oxygens (including phenoxy) is 2. The van der Waals surface area contributed by atoms with Crippen molar-refractivity contribution < 1.29 is 19.1 Å². The molecule has 0 saturated carbocycles. The van der Waals surface area contributed by atoms with E-state index in [1.54, 1.807) is 0 Å². The van der Waals surface area contributed by atoms with Crippen molar-refractivity contribution >= 4 is 11.9 Å². The molecule has 4 nitrogen and oxygen atoms in total. The van der Waals surface area contributed by atoms with Crippen LogP contribution in [0.5, 0.6) is 5.75 Å². The van der Waals surface area contributed by atoms with E-state index in [0.29, 0.717) is 25.0 Å². The van der Waals surface area contributed by atoms with E-state index >= 15 is 0 Å². The summed E-state index contributed by atoms with van der Waals surface area (Å²) in [4.78, 5) is 25.5. The van der Waals surface area contributed by atoms with Gasteiger partial charge in [0.1, 0.15) is 16.8 Å². The first-order valence-electron chi connectivity index (χ1n) is 10.0. The largest absolute Gasteiger partial charge is 0.457 e. The normalized spacial score (nSPS) is 18.9. The highest BCUT2D eigenvalue weighted by atomic mass is 16.6. The fourth-order valence-corrected chi connectivity index (χ4v) is 3.76. The minimum Gasteiger partial charge on any atom is -0.457 e. The smallest absolute Gasteiger partial charge is 0.331 e. The molecule has 0 aliphatic carbocycles. The molecule has 2 aromatic carbocycles. The Bertz CT molecular complexity index is 921. The average molecular weight is 392 g/mol. The highest BCUT2D eigenvalue weighted by molar-refractivity contribution is 5.92. The van der Waals surface area contributed by atoms with E-state index in [-0.39, 0.29) is 11.9 Å². The van der Waals surface area contributed by atoms with E-state index in [2.05, 4.69) is 0 Å². The molecule has 0 N–H and O–H groups in total. The van der Waals surface area contributed by atoms with Gasteiger partial charge in [0.2, 0.25) is 0 Å². The van der Waals surface area contributed by atoms with Crippen LogP contribution in [0.2, 0.25) is 0 Å². The van der Waals surface area contributed by atoms with Gasteiger partial charge >= 0.3 is 11.9 Å². The maximum absolute atomic E-state index is 13.2. The van der Waals surface area contributed by atoms with Crippen LogP contribution in [-0.2, 0) is 26.2 Å². The molecule has 0 saturated heterocycles. The fourth-order valence-electron chi connectivity index (χ4n) is 3.76. The summed E-state index contributed by atoms with van der Waals surface area (Å²) in [7, 11) is 0. The molecule has 0 fully saturated rings. The highest BCUT2D eigenvalue weighted by Gasteiger charge is 2.49. The van der Waals surface area contributed by atoms with Crippen LogP contribution in [0.15, 0.2) is 66.2 Å². The van der Waals surface area contributed by atoms with Gasteiger partial charge in [-0.1, -0.05) is 61.0 Å². The van der Waals surface area contributed by atoms with E-state index < -0.39 is 11.0 Å². The Hall–Kier alpha value is -2.88. The van der Waals surface area contributed by atoms with Crippen LogP contribution in [0.1, 0.15) is 51.7 Å². The van der Waals surface area contributed by atoms with Crippen molar-refractivity contribution in [1.29, 1.82) is 0 Å². The monoisotopic (exact) mass is 392 g/mol. The summed E-state index contributed by atoms with van der Waals surface area (Å²) >= 11 is 0. The Balaban J connectivity index is 2.00. The zero-order valence-corrected chi connectivity index (χ0v) is 17.5. The van der Waals surface area contributed by atoms with Gasteiger partial charge in [-0.05, 0) is 51.7 Å². The lowest BCUT2D eigenvalue weighted by molar-refractivity contribution is -0.148. The SMILES string of the molecule is CC/C(=C\C(=O)OC(C)(C)C)C[C@@]1(Cc2ccccc2)C(=O)Oc2ccccc21. The molecule has 0 radical (unpaired) electrons. The predicted molar refractivity (Wildman–Crippen MR) is 113 cm³/mol. The van der Waals surface area contributed by atoms with E-state index in [1.807, 2.05) is 82.3 Å². The second-order valence-electron chi connectivity index (χ2n) is 8.50. The maximum Gasteiger partial charge on any atom is 0.331 e. The van der Waals surface area contributed by atoms with Crippen LogP contribution in [-0.4, -0.2) is 17.5 Å². The molecule has 1 atom stereocenters. The number of carbonyl (C=O) groups is 2. The molecule has 152 valence electrons. The molecule has 29 heavy (non-hydrogen) atoms. The topological polar surface area (TPSA) is 52.6 Å². The van der Waals surface area contributed by atoms with Gasteiger partial charge in [-0.15, -0.1) is 0 Å². The van der Waals surface area contributed by atoms with Gasteiger partial charge in [0.15, 0.2) is 0 Å². The Morgan fingerprint density at radius 3 is 2.38 bits per heavy atom. The van der Waals surface area contributed by atoms with Crippen LogP contribution in [0.4, 0.5) is 0 Å². The quantitative estimate of drug-likeness (QED) is 0.387. The van der Waals surface area contributed by atoms with Crippen molar-refractivity contribution in [1.82, 2.24) is 0 Å². The Kier molecular flexibility index (Phi) is 5.92. The van der Waals surface area contributed by atoms with Crippen LogP contribution < -0.4 is 4.74 Å². The standard InChI is InChI=1S/C25H28O4/c1-5-18(15-22(26)29-24(2,3)4)16-25(17-19-11-7-6-8-12-19)20-13-9-10-14-21(20)28-23(25)27/h6-15H,5,16-17H2,1-4H3/b18-15+/t25-/m0/s1. The highest BCUT2D eigenvalue weighted by Crippen LogP contribution is 2.46. The van der Waals surface area contributed by atoms with Crippen molar-refractivity contribution in [3.8, 4) is 5.75 Å². The van der Waals surface area contributed by atoms with E-state index in [9.17, 15) is 9.59 Å². The fraction of sp³-hybridized carbons (Fsp3) is 0.360. The molecule has 0 aromatic heterocycles. The number of allylic oxidation sites excluding steroid dienone is 1. The van der Waals surface area contributed by atoms with Crippen LogP contribution >= 0.6 is 0 Å². The number of benzene rings is 2. The van der Waals surface area contributed by atoms with Crippen molar-refractivity contribution in [2.75, 3.05) is 0 Å². The number of hydrogen-bond donors (Lipinski definition) is 0. The zero-order chi connectivity index (χ0) is 21.1. The lowest BCUT2D eigenvalue weighted by atomic mass is 9.72. The molecule has 0 unspecified atom stereocenters. The van der Waals surface area contributed by atoms with Crippen molar-refractivity contribution in [3.63, 3.8) is 0 Å². The van der Waals surface area contributed by atoms with Crippen LogP contribution in [0, 0.1) is 0 Å². The van der Waals surface area contributed by atoms with E-state index in [0.717, 1.165) is 16.7 Å². The summed E-state index contributed by atoms with van der Waals surface area (Å²) in [6, 6.07) is 17.5.